The van der Waals surface area contributed by atoms with Gasteiger partial charge in [0.2, 0.25) is 11.8 Å². The first kappa shape index (κ1) is 25.0. The molecule has 1 fully saturated rings. The standard InChI is InChI=1S/C23H26ClF3N4O2/c1-2-16-5-3-4-6-20(16)29-22(33)15-31-11-9-30(10-12-31)14-21(32)28-17-7-8-19(24)18(13-17)23(25,26)27/h3-8,13H,2,9-12,14-15H2,1H3,(H,28,32)(H,29,33). The van der Waals surface area contributed by atoms with Crippen molar-refractivity contribution in [2.24, 2.45) is 0 Å². The van der Waals surface area contributed by atoms with Gasteiger partial charge in [-0.25, -0.2) is 0 Å². The van der Waals surface area contributed by atoms with Gasteiger partial charge in [-0.1, -0.05) is 36.7 Å². The Labute approximate surface area is 195 Å². The molecular weight excluding hydrogens is 457 g/mol. The number of alkyl halides is 3. The fraction of sp³-hybridized carbons (Fsp3) is 0.391. The molecule has 33 heavy (non-hydrogen) atoms. The van der Waals surface area contributed by atoms with E-state index in [-0.39, 0.29) is 24.7 Å². The van der Waals surface area contributed by atoms with Crippen LogP contribution in [0.4, 0.5) is 24.5 Å². The minimum atomic E-state index is -4.60. The van der Waals surface area contributed by atoms with Crippen LogP contribution in [0.2, 0.25) is 5.02 Å². The fourth-order valence-electron chi connectivity index (χ4n) is 3.67. The molecular formula is C23H26ClF3N4O2. The lowest BCUT2D eigenvalue weighted by molar-refractivity contribution is -0.137. The van der Waals surface area contributed by atoms with Crippen LogP contribution in [0.3, 0.4) is 0 Å². The van der Waals surface area contributed by atoms with Crippen molar-refractivity contribution in [1.29, 1.82) is 0 Å². The fourth-order valence-corrected chi connectivity index (χ4v) is 3.90. The van der Waals surface area contributed by atoms with Crippen molar-refractivity contribution < 1.29 is 22.8 Å². The molecule has 1 aliphatic rings. The van der Waals surface area contributed by atoms with E-state index in [1.54, 1.807) is 0 Å². The van der Waals surface area contributed by atoms with Crippen molar-refractivity contribution in [1.82, 2.24) is 9.80 Å². The molecule has 0 bridgehead atoms. The lowest BCUT2D eigenvalue weighted by Gasteiger charge is -2.33. The van der Waals surface area contributed by atoms with Crippen molar-refractivity contribution in [2.45, 2.75) is 19.5 Å². The van der Waals surface area contributed by atoms with Crippen LogP contribution in [0.1, 0.15) is 18.1 Å². The maximum Gasteiger partial charge on any atom is 0.417 e. The lowest BCUT2D eigenvalue weighted by Crippen LogP contribution is -2.50. The Morgan fingerprint density at radius 2 is 1.52 bits per heavy atom. The monoisotopic (exact) mass is 482 g/mol. The average molecular weight is 483 g/mol. The van der Waals surface area contributed by atoms with E-state index in [0.717, 1.165) is 29.8 Å². The summed E-state index contributed by atoms with van der Waals surface area (Å²) in [7, 11) is 0. The van der Waals surface area contributed by atoms with Crippen LogP contribution >= 0.6 is 11.6 Å². The van der Waals surface area contributed by atoms with Crippen molar-refractivity contribution >= 4 is 34.8 Å². The largest absolute Gasteiger partial charge is 0.417 e. The molecule has 2 aromatic carbocycles. The van der Waals surface area contributed by atoms with Crippen molar-refractivity contribution in [2.75, 3.05) is 49.9 Å². The number of anilines is 2. The number of carbonyl (C=O) groups excluding carboxylic acids is 2. The van der Waals surface area contributed by atoms with Crippen LogP contribution in [-0.4, -0.2) is 60.9 Å². The van der Waals surface area contributed by atoms with Gasteiger partial charge in [0.15, 0.2) is 0 Å². The summed E-state index contributed by atoms with van der Waals surface area (Å²) in [5.41, 5.74) is 0.940. The van der Waals surface area contributed by atoms with Gasteiger partial charge in [-0.15, -0.1) is 0 Å². The molecule has 0 unspecified atom stereocenters. The van der Waals surface area contributed by atoms with E-state index in [0.29, 0.717) is 26.2 Å². The first-order valence-corrected chi connectivity index (χ1v) is 11.0. The number of aryl methyl sites for hydroxylation is 1. The number of rotatable bonds is 7. The normalized spacial score (nSPS) is 15.3. The molecule has 0 aromatic heterocycles. The third kappa shape index (κ3) is 7.18. The quantitative estimate of drug-likeness (QED) is 0.623. The van der Waals surface area contributed by atoms with Crippen LogP contribution in [0.15, 0.2) is 42.5 Å². The highest BCUT2D eigenvalue weighted by molar-refractivity contribution is 6.31. The predicted octanol–water partition coefficient (Wildman–Crippen LogP) is 4.12. The summed E-state index contributed by atoms with van der Waals surface area (Å²) < 4.78 is 39.0. The van der Waals surface area contributed by atoms with Crippen LogP contribution in [0, 0.1) is 0 Å². The highest BCUT2D eigenvalue weighted by Crippen LogP contribution is 2.36. The molecule has 1 aliphatic heterocycles. The molecule has 0 atom stereocenters. The van der Waals surface area contributed by atoms with Gasteiger partial charge in [-0.05, 0) is 36.2 Å². The average Bonchev–Trinajstić information content (AvgIpc) is 2.76. The maximum atomic E-state index is 13.0. The number of hydrogen-bond donors (Lipinski definition) is 2. The van der Waals surface area contributed by atoms with E-state index < -0.39 is 22.7 Å². The van der Waals surface area contributed by atoms with Crippen LogP contribution in [0.25, 0.3) is 0 Å². The second-order valence-corrected chi connectivity index (χ2v) is 8.26. The molecule has 0 spiro atoms. The third-order valence-electron chi connectivity index (χ3n) is 5.43. The highest BCUT2D eigenvalue weighted by Gasteiger charge is 2.33. The van der Waals surface area contributed by atoms with E-state index in [9.17, 15) is 22.8 Å². The zero-order chi connectivity index (χ0) is 24.0. The van der Waals surface area contributed by atoms with Gasteiger partial charge in [0.25, 0.3) is 0 Å². The number of halogens is 4. The highest BCUT2D eigenvalue weighted by atomic mass is 35.5. The van der Waals surface area contributed by atoms with E-state index in [1.165, 1.54) is 6.07 Å². The lowest BCUT2D eigenvalue weighted by atomic mass is 10.1. The third-order valence-corrected chi connectivity index (χ3v) is 5.76. The Balaban J connectivity index is 1.45. The molecule has 2 amide bonds. The number of amides is 2. The van der Waals surface area contributed by atoms with E-state index >= 15 is 0 Å². The van der Waals surface area contributed by atoms with Gasteiger partial charge in [0.1, 0.15) is 0 Å². The molecule has 10 heteroatoms. The summed E-state index contributed by atoms with van der Waals surface area (Å²) in [6, 6.07) is 11.0. The zero-order valence-corrected chi connectivity index (χ0v) is 19.0. The Bertz CT molecular complexity index is 992. The van der Waals surface area contributed by atoms with Crippen LogP contribution in [0.5, 0.6) is 0 Å². The van der Waals surface area contributed by atoms with Gasteiger partial charge in [-0.2, -0.15) is 13.2 Å². The summed E-state index contributed by atoms with van der Waals surface area (Å²) in [6.45, 7) is 4.69. The van der Waals surface area contributed by atoms with Crippen molar-refractivity contribution in [3.05, 3.63) is 58.6 Å². The van der Waals surface area contributed by atoms with Gasteiger partial charge < -0.3 is 10.6 Å². The summed E-state index contributed by atoms with van der Waals surface area (Å²) >= 11 is 5.61. The number of nitrogens with zero attached hydrogens (tertiary/aromatic N) is 2. The second kappa shape index (κ2) is 11.0. The minimum absolute atomic E-state index is 0.0411. The minimum Gasteiger partial charge on any atom is -0.325 e. The molecule has 2 aromatic rings. The molecule has 0 aliphatic carbocycles. The van der Waals surface area contributed by atoms with Crippen LogP contribution < -0.4 is 10.6 Å². The van der Waals surface area contributed by atoms with E-state index in [1.807, 2.05) is 41.0 Å². The number of piperazine rings is 1. The second-order valence-electron chi connectivity index (χ2n) is 7.85. The number of benzene rings is 2. The van der Waals surface area contributed by atoms with Gasteiger partial charge >= 0.3 is 6.18 Å². The van der Waals surface area contributed by atoms with Crippen LogP contribution in [-0.2, 0) is 22.2 Å². The SMILES string of the molecule is CCc1ccccc1NC(=O)CN1CCN(CC(=O)Nc2ccc(Cl)c(C(F)(F)F)c2)CC1. The van der Waals surface area contributed by atoms with E-state index in [2.05, 4.69) is 10.6 Å². The first-order chi connectivity index (χ1) is 15.7. The van der Waals surface area contributed by atoms with Crippen molar-refractivity contribution in [3.63, 3.8) is 0 Å². The van der Waals surface area contributed by atoms with E-state index in [4.69, 9.17) is 11.6 Å². The maximum absolute atomic E-state index is 13.0. The zero-order valence-electron chi connectivity index (χ0n) is 18.2. The molecule has 178 valence electrons. The number of nitrogens with one attached hydrogen (secondary N) is 2. The number of hydrogen-bond acceptors (Lipinski definition) is 4. The topological polar surface area (TPSA) is 64.7 Å². The Kier molecular flexibility index (Phi) is 8.34. The Hall–Kier alpha value is -2.62. The summed E-state index contributed by atoms with van der Waals surface area (Å²) in [4.78, 5) is 28.6. The molecule has 6 nitrogen and oxygen atoms in total. The molecule has 1 heterocycles. The molecule has 3 rings (SSSR count). The van der Waals surface area contributed by atoms with Gasteiger partial charge in [-0.3, -0.25) is 19.4 Å². The van der Waals surface area contributed by atoms with Crippen molar-refractivity contribution in [3.8, 4) is 0 Å². The van der Waals surface area contributed by atoms with Gasteiger partial charge in [0, 0.05) is 37.6 Å². The smallest absolute Gasteiger partial charge is 0.325 e. The summed E-state index contributed by atoms with van der Waals surface area (Å²) in [6.07, 6.45) is -3.77. The number of carbonyl (C=O) groups is 2. The first-order valence-electron chi connectivity index (χ1n) is 10.6. The predicted molar refractivity (Wildman–Crippen MR) is 122 cm³/mol. The summed E-state index contributed by atoms with van der Waals surface area (Å²) in [5.74, 6) is -0.502. The molecule has 0 saturated carbocycles. The Morgan fingerprint density at radius 1 is 0.939 bits per heavy atom. The molecule has 0 radical (unpaired) electrons. The number of para-hydroxylation sites is 1. The summed E-state index contributed by atoms with van der Waals surface area (Å²) in [5, 5.41) is 5.03. The molecule has 2 N–H and O–H groups in total. The molecule has 1 saturated heterocycles. The Morgan fingerprint density at radius 3 is 2.09 bits per heavy atom. The van der Waals surface area contributed by atoms with Gasteiger partial charge in [0.05, 0.1) is 23.7 Å².